The molecule has 2 N–H and O–H groups in total. The summed E-state index contributed by atoms with van der Waals surface area (Å²) in [5.74, 6) is -0.0582. The van der Waals surface area contributed by atoms with Gasteiger partial charge >= 0.3 is 0 Å². The first-order chi connectivity index (χ1) is 13.8. The van der Waals surface area contributed by atoms with Gasteiger partial charge in [-0.05, 0) is 18.6 Å². The summed E-state index contributed by atoms with van der Waals surface area (Å²) in [5, 5.41) is 0. The summed E-state index contributed by atoms with van der Waals surface area (Å²) in [6.45, 7) is 3.13. The number of unbranched alkanes of at least 4 members (excludes halogenated alkanes) is 15. The number of nitrogens with one attached hydrogen (secondary N) is 2. The molecule has 0 saturated carbocycles. The number of hydrazine groups is 1. The molecule has 0 aliphatic heterocycles. The van der Waals surface area contributed by atoms with E-state index in [1.165, 1.54) is 96.3 Å². The molecule has 0 saturated heterocycles. The van der Waals surface area contributed by atoms with Gasteiger partial charge < -0.3 is 0 Å². The molecule has 0 aliphatic carbocycles. The van der Waals surface area contributed by atoms with Crippen molar-refractivity contribution in [3.63, 3.8) is 0 Å². The first-order valence-corrected chi connectivity index (χ1v) is 11.9. The van der Waals surface area contributed by atoms with Crippen LogP contribution in [0.2, 0.25) is 0 Å². The molecular weight excluding hydrogens is 344 g/mol. The van der Waals surface area contributed by atoms with Gasteiger partial charge in [-0.2, -0.15) is 0 Å². The molecule has 1 rings (SSSR count). The van der Waals surface area contributed by atoms with Crippen LogP contribution in [-0.4, -0.2) is 12.5 Å². The second-order valence-corrected chi connectivity index (χ2v) is 8.05. The first-order valence-electron chi connectivity index (χ1n) is 11.9. The van der Waals surface area contributed by atoms with E-state index in [0.717, 1.165) is 13.0 Å². The molecule has 0 heterocycles. The highest BCUT2D eigenvalue weighted by molar-refractivity contribution is 5.93. The highest BCUT2D eigenvalue weighted by Crippen LogP contribution is 2.13. The number of hydrogen-bond acceptors (Lipinski definition) is 2. The van der Waals surface area contributed by atoms with E-state index in [0.29, 0.717) is 5.56 Å². The van der Waals surface area contributed by atoms with E-state index >= 15 is 0 Å². The third-order valence-corrected chi connectivity index (χ3v) is 5.39. The van der Waals surface area contributed by atoms with Crippen molar-refractivity contribution in [1.29, 1.82) is 0 Å². The van der Waals surface area contributed by atoms with Crippen molar-refractivity contribution in [3.8, 4) is 0 Å². The predicted molar refractivity (Wildman–Crippen MR) is 121 cm³/mol. The Morgan fingerprint density at radius 2 is 1.07 bits per heavy atom. The van der Waals surface area contributed by atoms with Crippen LogP contribution < -0.4 is 10.9 Å². The van der Waals surface area contributed by atoms with Crippen LogP contribution in [0.3, 0.4) is 0 Å². The molecule has 3 heteroatoms. The van der Waals surface area contributed by atoms with E-state index in [4.69, 9.17) is 0 Å². The second-order valence-electron chi connectivity index (χ2n) is 8.05. The van der Waals surface area contributed by atoms with E-state index < -0.39 is 0 Å². The standard InChI is InChI=1S/C25H44N2O/c1-2-3-4-5-6-7-8-9-10-11-12-13-14-15-16-20-23-26-27-25(28)24-21-18-17-19-22-24/h17-19,21-22,26H,2-16,20,23H2,1H3,(H,27,28). The lowest BCUT2D eigenvalue weighted by molar-refractivity contribution is 0.0933. The molecular formula is C25H44N2O. The van der Waals surface area contributed by atoms with Crippen LogP contribution in [0.4, 0.5) is 0 Å². The predicted octanol–water partition coefficient (Wildman–Crippen LogP) is 7.18. The molecule has 0 aromatic heterocycles. The Hall–Kier alpha value is -1.35. The highest BCUT2D eigenvalue weighted by atomic mass is 16.2. The summed E-state index contributed by atoms with van der Waals surface area (Å²) < 4.78 is 0. The SMILES string of the molecule is CCCCCCCCCCCCCCCCCCNNC(=O)c1ccccc1. The Labute approximate surface area is 174 Å². The Morgan fingerprint density at radius 3 is 1.54 bits per heavy atom. The van der Waals surface area contributed by atoms with Crippen molar-refractivity contribution in [2.24, 2.45) is 0 Å². The second kappa shape index (κ2) is 19.0. The van der Waals surface area contributed by atoms with E-state index in [1.54, 1.807) is 0 Å². The molecule has 1 aromatic carbocycles. The van der Waals surface area contributed by atoms with Gasteiger partial charge in [0.2, 0.25) is 0 Å². The maximum absolute atomic E-state index is 11.8. The van der Waals surface area contributed by atoms with Gasteiger partial charge in [0.05, 0.1) is 0 Å². The van der Waals surface area contributed by atoms with E-state index in [1.807, 2.05) is 30.3 Å². The van der Waals surface area contributed by atoms with Crippen molar-refractivity contribution < 1.29 is 4.79 Å². The Kier molecular flexibility index (Phi) is 16.7. The van der Waals surface area contributed by atoms with E-state index in [9.17, 15) is 4.79 Å². The lowest BCUT2D eigenvalue weighted by Gasteiger charge is -2.07. The third-order valence-electron chi connectivity index (χ3n) is 5.39. The van der Waals surface area contributed by atoms with Crippen LogP contribution >= 0.6 is 0 Å². The molecule has 160 valence electrons. The maximum atomic E-state index is 11.8. The van der Waals surface area contributed by atoms with Gasteiger partial charge in [0.25, 0.3) is 5.91 Å². The summed E-state index contributed by atoms with van der Waals surface area (Å²) in [4.78, 5) is 11.8. The number of carbonyl (C=O) groups is 1. The monoisotopic (exact) mass is 388 g/mol. The van der Waals surface area contributed by atoms with Gasteiger partial charge in [-0.25, -0.2) is 5.43 Å². The molecule has 0 fully saturated rings. The normalized spacial score (nSPS) is 10.9. The number of amides is 1. The van der Waals surface area contributed by atoms with Gasteiger partial charge in [-0.3, -0.25) is 10.2 Å². The average molecular weight is 389 g/mol. The van der Waals surface area contributed by atoms with Crippen LogP contribution in [-0.2, 0) is 0 Å². The minimum absolute atomic E-state index is 0.0582. The summed E-state index contributed by atoms with van der Waals surface area (Å²) in [6.07, 6.45) is 22.1. The molecule has 0 spiro atoms. The zero-order valence-electron chi connectivity index (χ0n) is 18.3. The Morgan fingerprint density at radius 1 is 0.643 bits per heavy atom. The van der Waals surface area contributed by atoms with Crippen LogP contribution in [0.5, 0.6) is 0 Å². The van der Waals surface area contributed by atoms with Gasteiger partial charge in [0.15, 0.2) is 0 Å². The van der Waals surface area contributed by atoms with Crippen LogP contribution in [0.25, 0.3) is 0 Å². The smallest absolute Gasteiger partial charge is 0.265 e. The molecule has 1 amide bonds. The lowest BCUT2D eigenvalue weighted by Crippen LogP contribution is -2.37. The quantitative estimate of drug-likeness (QED) is 0.195. The van der Waals surface area contributed by atoms with Crippen LogP contribution in [0, 0.1) is 0 Å². The minimum atomic E-state index is -0.0582. The molecule has 0 aliphatic rings. The van der Waals surface area contributed by atoms with Crippen molar-refractivity contribution in [3.05, 3.63) is 35.9 Å². The number of carbonyl (C=O) groups excluding carboxylic acids is 1. The van der Waals surface area contributed by atoms with Gasteiger partial charge in [-0.1, -0.05) is 121 Å². The number of benzene rings is 1. The van der Waals surface area contributed by atoms with Gasteiger partial charge in [-0.15, -0.1) is 0 Å². The van der Waals surface area contributed by atoms with E-state index in [2.05, 4.69) is 17.8 Å². The first kappa shape index (κ1) is 24.7. The molecule has 1 aromatic rings. The molecule has 0 atom stereocenters. The van der Waals surface area contributed by atoms with Crippen LogP contribution in [0.1, 0.15) is 120 Å². The Bertz CT molecular complexity index is 461. The largest absolute Gasteiger partial charge is 0.287 e. The molecule has 3 nitrogen and oxygen atoms in total. The number of rotatable bonds is 19. The summed E-state index contributed by atoms with van der Waals surface area (Å²) in [7, 11) is 0. The topological polar surface area (TPSA) is 41.1 Å². The van der Waals surface area contributed by atoms with Crippen molar-refractivity contribution >= 4 is 5.91 Å². The molecule has 0 bridgehead atoms. The van der Waals surface area contributed by atoms with E-state index in [-0.39, 0.29) is 5.91 Å². The van der Waals surface area contributed by atoms with Crippen molar-refractivity contribution in [2.75, 3.05) is 6.54 Å². The average Bonchev–Trinajstić information content (AvgIpc) is 2.73. The minimum Gasteiger partial charge on any atom is -0.287 e. The fourth-order valence-corrected chi connectivity index (χ4v) is 3.57. The van der Waals surface area contributed by atoms with Crippen molar-refractivity contribution in [1.82, 2.24) is 10.9 Å². The molecule has 28 heavy (non-hydrogen) atoms. The lowest BCUT2D eigenvalue weighted by atomic mass is 10.0. The van der Waals surface area contributed by atoms with Crippen molar-refractivity contribution in [2.45, 2.75) is 110 Å². The highest BCUT2D eigenvalue weighted by Gasteiger charge is 2.02. The number of hydrogen-bond donors (Lipinski definition) is 2. The van der Waals surface area contributed by atoms with Gasteiger partial charge in [0, 0.05) is 12.1 Å². The molecule has 0 radical (unpaired) electrons. The van der Waals surface area contributed by atoms with Crippen LogP contribution in [0.15, 0.2) is 30.3 Å². The third kappa shape index (κ3) is 14.7. The summed E-state index contributed by atoms with van der Waals surface area (Å²) >= 11 is 0. The maximum Gasteiger partial charge on any atom is 0.265 e. The van der Waals surface area contributed by atoms with Gasteiger partial charge in [0.1, 0.15) is 0 Å². The summed E-state index contributed by atoms with van der Waals surface area (Å²) in [6, 6.07) is 9.33. The molecule has 0 unspecified atom stereocenters. The summed E-state index contributed by atoms with van der Waals surface area (Å²) in [5.41, 5.74) is 6.49. The Balaban J connectivity index is 1.74. The zero-order chi connectivity index (χ0) is 20.1. The fraction of sp³-hybridized carbons (Fsp3) is 0.720. The fourth-order valence-electron chi connectivity index (χ4n) is 3.57. The zero-order valence-corrected chi connectivity index (χ0v) is 18.3.